The normalized spacial score (nSPS) is 10.4. The van der Waals surface area contributed by atoms with Crippen LogP contribution in [0.15, 0.2) is 371 Å². The van der Waals surface area contributed by atoms with E-state index in [1.165, 1.54) is 82.7 Å². The number of phenolic OH excluding ortho intramolecular Hbond substituents is 1. The van der Waals surface area contributed by atoms with Crippen LogP contribution in [-0.2, 0) is 0 Å². The van der Waals surface area contributed by atoms with Gasteiger partial charge >= 0.3 is 0 Å². The highest BCUT2D eigenvalue weighted by atomic mass is 16.6. The first-order valence-corrected chi connectivity index (χ1v) is 35.2. The van der Waals surface area contributed by atoms with Gasteiger partial charge in [-0.2, -0.15) is 0 Å². The minimum absolute atomic E-state index is 0.0752. The second-order valence-corrected chi connectivity index (χ2v) is 25.1. The lowest BCUT2D eigenvalue weighted by atomic mass is 10.0. The van der Waals surface area contributed by atoms with E-state index in [1.54, 1.807) is 50.0 Å². The number of hydrogen-bond donors (Lipinski definition) is 1. The number of para-hydroxylation sites is 6. The maximum absolute atomic E-state index is 10.4. The van der Waals surface area contributed by atoms with Crippen LogP contribution in [0.5, 0.6) is 11.5 Å². The van der Waals surface area contributed by atoms with Crippen LogP contribution in [0.2, 0.25) is 0 Å². The minimum Gasteiger partial charge on any atom is -0.506 e. The average Bonchev–Trinajstić information content (AvgIpc) is 0.808. The van der Waals surface area contributed by atoms with Crippen molar-refractivity contribution in [1.82, 2.24) is 39.9 Å². The van der Waals surface area contributed by atoms with E-state index in [2.05, 4.69) is 212 Å². The number of rotatable bonds is 2. The molecule has 0 unspecified atom stereocenters. The predicted molar refractivity (Wildman–Crippen MR) is 447 cm³/mol. The Kier molecular flexibility index (Phi) is 25.0. The number of nitrogens with zero attached hydrogens (tertiary/aromatic N) is 9. The van der Waals surface area contributed by atoms with Crippen molar-refractivity contribution in [2.24, 2.45) is 0 Å². The Bertz CT molecular complexity index is 5950. The van der Waals surface area contributed by atoms with Crippen molar-refractivity contribution in [3.63, 3.8) is 0 Å². The third kappa shape index (κ3) is 19.7. The Morgan fingerprint density at radius 1 is 0.296 bits per heavy atom. The third-order valence-corrected chi connectivity index (χ3v) is 17.4. The van der Waals surface area contributed by atoms with Crippen LogP contribution in [0.25, 0.3) is 120 Å². The molecule has 0 spiro atoms. The standard InChI is InChI=1S/C14H10.C13H9N.C10H9NO.4C10H9N.C9H6N2O2.C9H7NO/c1-3-7-13-11(5-1)9-10-12-6-2-4-8-14(12)13;1-3-7-12-10(5-1)9-11-6-2-4-8-13(11)14-12;1-12-9-6-2-4-8-5-3-7-11-10(8)9;1-8-4-2-5-9-6-3-7-11-10(8)9;2*1-8-4-5-10-9(7-8)3-2-6-11-10;1-8-6-7-9-4-2-3-5-10(9)11-8;12-11(13)8-4-3-7-2-1-5-10-9(7)6-8;11-8-5-1-3-7-4-2-6-10-9(7)8/h1-10H;1-9H;2-7H,1H3;4*2-7H,1H3;1-6H;1-6,11H. The number of aromatic hydroxyl groups is 1. The highest BCUT2D eigenvalue weighted by molar-refractivity contribution is 6.07. The third-order valence-electron chi connectivity index (χ3n) is 17.4. The minimum atomic E-state index is -0.422. The molecule has 13 heteroatoms. The van der Waals surface area contributed by atoms with Crippen LogP contribution >= 0.6 is 0 Å². The number of aromatic nitrogens is 8. The number of nitro groups is 1. The molecule has 0 aliphatic rings. The zero-order chi connectivity index (χ0) is 74.8. The maximum atomic E-state index is 10.4. The van der Waals surface area contributed by atoms with E-state index in [-0.39, 0.29) is 11.4 Å². The lowest BCUT2D eigenvalue weighted by molar-refractivity contribution is -0.384. The van der Waals surface area contributed by atoms with E-state index in [1.807, 2.05) is 171 Å². The summed E-state index contributed by atoms with van der Waals surface area (Å²) in [7, 11) is 1.66. The summed E-state index contributed by atoms with van der Waals surface area (Å²) in [5, 5.41) is 35.3. The van der Waals surface area contributed by atoms with Crippen LogP contribution in [0, 0.1) is 37.8 Å². The Morgan fingerprint density at radius 3 is 1.21 bits per heavy atom. The van der Waals surface area contributed by atoms with Crippen molar-refractivity contribution in [2.75, 3.05) is 7.11 Å². The zero-order valence-corrected chi connectivity index (χ0v) is 60.4. The molecule has 0 saturated heterocycles. The smallest absolute Gasteiger partial charge is 0.271 e. The quantitative estimate of drug-likeness (QED) is 0.0751. The Labute approximate surface area is 626 Å². The number of phenols is 1. The maximum Gasteiger partial charge on any atom is 0.271 e. The van der Waals surface area contributed by atoms with Crippen molar-refractivity contribution in [3.05, 3.63) is 403 Å². The summed E-state index contributed by atoms with van der Waals surface area (Å²) >= 11 is 0. The number of ether oxygens (including phenoxy) is 1. The molecule has 0 atom stereocenters. The summed E-state index contributed by atoms with van der Waals surface area (Å²) in [5.41, 5.74) is 13.6. The lowest BCUT2D eigenvalue weighted by Crippen LogP contribution is -1.87. The topological polar surface area (TPSA) is 176 Å². The van der Waals surface area contributed by atoms with Crippen molar-refractivity contribution in [3.8, 4) is 11.5 Å². The van der Waals surface area contributed by atoms with Gasteiger partial charge in [0.05, 0.1) is 50.7 Å². The zero-order valence-electron chi connectivity index (χ0n) is 60.4. The van der Waals surface area contributed by atoms with Gasteiger partial charge in [0.2, 0.25) is 0 Å². The van der Waals surface area contributed by atoms with E-state index in [0.717, 1.165) is 66.2 Å². The molecule has 8 heterocycles. The summed E-state index contributed by atoms with van der Waals surface area (Å²) in [6.45, 7) is 8.26. The molecule has 8 aromatic heterocycles. The van der Waals surface area contributed by atoms with E-state index in [0.29, 0.717) is 11.0 Å². The van der Waals surface area contributed by atoms with E-state index < -0.39 is 4.92 Å². The molecule has 0 radical (unpaired) electrons. The molecule has 0 amide bonds. The highest BCUT2D eigenvalue weighted by Gasteiger charge is 2.07. The molecule has 1 N–H and O–H groups in total. The van der Waals surface area contributed by atoms with Gasteiger partial charge < -0.3 is 9.84 Å². The number of benzene rings is 12. The molecule has 0 saturated carbocycles. The van der Waals surface area contributed by atoms with Gasteiger partial charge in [0.15, 0.2) is 0 Å². The van der Waals surface area contributed by atoms with Crippen molar-refractivity contribution in [2.45, 2.75) is 27.7 Å². The second kappa shape index (κ2) is 36.7. The number of nitro benzene ring substituents is 1. The van der Waals surface area contributed by atoms with Crippen molar-refractivity contribution < 1.29 is 14.8 Å². The molecular formula is C95H77N9O4. The van der Waals surface area contributed by atoms with Crippen molar-refractivity contribution >= 4 is 125 Å². The molecule has 108 heavy (non-hydrogen) atoms. The number of pyridine rings is 8. The van der Waals surface area contributed by atoms with Crippen molar-refractivity contribution in [1.29, 1.82) is 0 Å². The molecule has 526 valence electrons. The molecule has 0 aliphatic heterocycles. The molecule has 0 bridgehead atoms. The van der Waals surface area contributed by atoms with Gasteiger partial charge in [-0.3, -0.25) is 45.0 Å². The first-order chi connectivity index (χ1) is 52.9. The number of methoxy groups -OCH3 is 1. The fourth-order valence-electron chi connectivity index (χ4n) is 12.0. The Balaban J connectivity index is 0.000000114. The fraction of sp³-hybridized carbons (Fsp3) is 0.0526. The van der Waals surface area contributed by atoms with Gasteiger partial charge in [-0.1, -0.05) is 223 Å². The molecule has 0 aliphatic carbocycles. The number of non-ortho nitro benzene ring substituents is 1. The largest absolute Gasteiger partial charge is 0.506 e. The van der Waals surface area contributed by atoms with E-state index in [4.69, 9.17) is 4.74 Å². The summed E-state index contributed by atoms with van der Waals surface area (Å²) in [5.74, 6) is 1.07. The van der Waals surface area contributed by atoms with Gasteiger partial charge in [0.1, 0.15) is 22.5 Å². The first-order valence-electron chi connectivity index (χ1n) is 35.2. The monoisotopic (exact) mass is 1410 g/mol. The predicted octanol–water partition coefficient (Wildman–Crippen LogP) is 23.9. The second-order valence-electron chi connectivity index (χ2n) is 25.1. The average molecular weight is 1410 g/mol. The molecular weight excluding hydrogens is 1330 g/mol. The molecule has 13 nitrogen and oxygen atoms in total. The Hall–Kier alpha value is -14.3. The van der Waals surface area contributed by atoms with E-state index >= 15 is 0 Å². The summed E-state index contributed by atoms with van der Waals surface area (Å²) in [6, 6.07) is 110. The van der Waals surface area contributed by atoms with Gasteiger partial charge in [0, 0.05) is 103 Å². The van der Waals surface area contributed by atoms with E-state index in [9.17, 15) is 15.2 Å². The summed E-state index contributed by atoms with van der Waals surface area (Å²) in [4.78, 5) is 44.0. The Morgan fingerprint density at radius 2 is 0.676 bits per heavy atom. The van der Waals surface area contributed by atoms with Crippen LogP contribution in [-0.4, -0.2) is 57.0 Å². The highest BCUT2D eigenvalue weighted by Crippen LogP contribution is 2.27. The molecule has 20 rings (SSSR count). The van der Waals surface area contributed by atoms with Crippen LogP contribution in [0.3, 0.4) is 0 Å². The number of fused-ring (bicyclic) bond motifs is 12. The van der Waals surface area contributed by atoms with Crippen LogP contribution in [0.4, 0.5) is 5.69 Å². The summed E-state index contributed by atoms with van der Waals surface area (Å²) < 4.78 is 5.16. The van der Waals surface area contributed by atoms with Crippen LogP contribution < -0.4 is 4.74 Å². The fourth-order valence-corrected chi connectivity index (χ4v) is 12.0. The van der Waals surface area contributed by atoms with Crippen LogP contribution in [0.1, 0.15) is 22.4 Å². The lowest BCUT2D eigenvalue weighted by Gasteiger charge is -2.02. The molecule has 20 aromatic rings. The summed E-state index contributed by atoms with van der Waals surface area (Å²) in [6.07, 6.45) is 10.5. The molecule has 0 fully saturated rings. The molecule has 12 aromatic carbocycles. The number of aryl methyl sites for hydroxylation is 4. The van der Waals surface area contributed by atoms with Gasteiger partial charge in [0.25, 0.3) is 5.69 Å². The number of hydrogen-bond acceptors (Lipinski definition) is 12. The SMILES string of the molecule is COc1cccc2cccnc12.Cc1ccc2ccccc2n1.Cc1ccc2ncccc2c1.Cc1ccc2ncccc2c1.Cc1cccc2cccnc12.O=[N+]([O-])c1ccc2cccnc2c1.Oc1cccc2cccnc12.c1ccc2c(c1)ccc1ccccc12.c1ccc2nc3ccccc3cc2c1. The van der Waals surface area contributed by atoms with Gasteiger partial charge in [-0.25, -0.2) is 4.98 Å². The first kappa shape index (κ1) is 73.5. The van der Waals surface area contributed by atoms with Gasteiger partial charge in [-0.15, -0.1) is 0 Å². The van der Waals surface area contributed by atoms with Gasteiger partial charge in [-0.05, 0) is 164 Å².